The summed E-state index contributed by atoms with van der Waals surface area (Å²) in [6, 6.07) is 26.2. The van der Waals surface area contributed by atoms with Crippen molar-refractivity contribution in [3.63, 3.8) is 0 Å². The van der Waals surface area contributed by atoms with Gasteiger partial charge in [0.05, 0.1) is 0 Å². The van der Waals surface area contributed by atoms with Crippen molar-refractivity contribution in [3.05, 3.63) is 97.1 Å². The molecule has 0 bridgehead atoms. The fourth-order valence-electron chi connectivity index (χ4n) is 3.77. The summed E-state index contributed by atoms with van der Waals surface area (Å²) in [4.78, 5) is 2.51. The fourth-order valence-corrected chi connectivity index (χ4v) is 3.77. The highest BCUT2D eigenvalue weighted by Crippen LogP contribution is 2.38. The maximum absolute atomic E-state index is 6.26. The lowest BCUT2D eigenvalue weighted by Gasteiger charge is -2.35. The predicted octanol–water partition coefficient (Wildman–Crippen LogP) is 5.79. The van der Waals surface area contributed by atoms with Crippen molar-refractivity contribution in [2.45, 2.75) is 12.5 Å². The van der Waals surface area contributed by atoms with E-state index in [0.717, 1.165) is 44.1 Å². The number of piperazine rings is 1. The van der Waals surface area contributed by atoms with E-state index < -0.39 is 0 Å². The summed E-state index contributed by atoms with van der Waals surface area (Å²) >= 11 is 0. The van der Waals surface area contributed by atoms with Crippen LogP contribution in [0, 0.1) is 0 Å². The molecule has 0 aliphatic carbocycles. The molecule has 4 nitrogen and oxygen atoms in total. The number of ether oxygens (including phenoxy) is 2. The monoisotopic (exact) mass is 400 g/mol. The van der Waals surface area contributed by atoms with Crippen molar-refractivity contribution in [1.29, 1.82) is 0 Å². The average molecular weight is 401 g/mol. The van der Waals surface area contributed by atoms with Crippen LogP contribution in [0.5, 0.6) is 23.0 Å². The summed E-state index contributed by atoms with van der Waals surface area (Å²) in [5.41, 5.74) is 1.21. The van der Waals surface area contributed by atoms with E-state index in [4.69, 9.17) is 9.47 Å². The van der Waals surface area contributed by atoms with Gasteiger partial charge in [-0.3, -0.25) is 4.90 Å². The largest absolute Gasteiger partial charge is 0.453 e. The molecule has 1 heterocycles. The van der Waals surface area contributed by atoms with Gasteiger partial charge in [0.25, 0.3) is 0 Å². The maximum Gasteiger partial charge on any atom is 0.170 e. The van der Waals surface area contributed by atoms with E-state index in [1.807, 2.05) is 72.8 Å². The SMILES string of the molecule is C=CC[C@H](c1ccc(Oc2ccccc2)c(Oc2ccccc2)c1)N1CCNCC1. The van der Waals surface area contributed by atoms with Gasteiger partial charge < -0.3 is 14.8 Å². The lowest BCUT2D eigenvalue weighted by atomic mass is 10.0. The number of nitrogens with one attached hydrogen (secondary N) is 1. The quantitative estimate of drug-likeness (QED) is 0.485. The van der Waals surface area contributed by atoms with Crippen LogP contribution in [0.3, 0.4) is 0 Å². The second kappa shape index (κ2) is 10.1. The van der Waals surface area contributed by atoms with Gasteiger partial charge in [-0.1, -0.05) is 48.5 Å². The van der Waals surface area contributed by atoms with Crippen LogP contribution in [-0.2, 0) is 0 Å². The molecule has 30 heavy (non-hydrogen) atoms. The molecule has 0 saturated carbocycles. The Bertz CT molecular complexity index is 938. The molecule has 4 rings (SSSR count). The summed E-state index contributed by atoms with van der Waals surface area (Å²) in [5, 5.41) is 3.43. The van der Waals surface area contributed by atoms with Gasteiger partial charge in [-0.05, 0) is 48.4 Å². The van der Waals surface area contributed by atoms with Crippen molar-refractivity contribution in [3.8, 4) is 23.0 Å². The van der Waals surface area contributed by atoms with Crippen LogP contribution in [0.2, 0.25) is 0 Å². The molecule has 0 unspecified atom stereocenters. The second-order valence-electron chi connectivity index (χ2n) is 7.36. The van der Waals surface area contributed by atoms with Crippen LogP contribution in [0.15, 0.2) is 91.5 Å². The highest BCUT2D eigenvalue weighted by molar-refractivity contribution is 5.48. The topological polar surface area (TPSA) is 33.7 Å². The number of hydrogen-bond donors (Lipinski definition) is 1. The minimum Gasteiger partial charge on any atom is -0.453 e. The van der Waals surface area contributed by atoms with Crippen LogP contribution in [0.1, 0.15) is 18.0 Å². The average Bonchev–Trinajstić information content (AvgIpc) is 2.81. The first-order valence-corrected chi connectivity index (χ1v) is 10.5. The van der Waals surface area contributed by atoms with E-state index in [0.29, 0.717) is 11.5 Å². The number of para-hydroxylation sites is 2. The third-order valence-electron chi connectivity index (χ3n) is 5.28. The van der Waals surface area contributed by atoms with E-state index in [1.165, 1.54) is 5.56 Å². The van der Waals surface area contributed by atoms with E-state index in [1.54, 1.807) is 0 Å². The van der Waals surface area contributed by atoms with Gasteiger partial charge in [0, 0.05) is 32.2 Å². The molecule has 0 aromatic heterocycles. The third-order valence-corrected chi connectivity index (χ3v) is 5.28. The molecule has 1 saturated heterocycles. The van der Waals surface area contributed by atoms with Crippen molar-refractivity contribution in [1.82, 2.24) is 10.2 Å². The van der Waals surface area contributed by atoms with Gasteiger partial charge in [0.1, 0.15) is 11.5 Å². The van der Waals surface area contributed by atoms with E-state index in [9.17, 15) is 0 Å². The Kier molecular flexibility index (Phi) is 6.80. The summed E-state index contributed by atoms with van der Waals surface area (Å²) in [7, 11) is 0. The molecule has 1 aliphatic rings. The van der Waals surface area contributed by atoms with Gasteiger partial charge in [0.15, 0.2) is 11.5 Å². The van der Waals surface area contributed by atoms with Gasteiger partial charge in [-0.25, -0.2) is 0 Å². The Morgan fingerprint density at radius 3 is 2.03 bits per heavy atom. The second-order valence-corrected chi connectivity index (χ2v) is 7.36. The molecule has 3 aromatic rings. The number of nitrogens with zero attached hydrogens (tertiary/aromatic N) is 1. The molecule has 4 heteroatoms. The molecular formula is C26H28N2O2. The van der Waals surface area contributed by atoms with E-state index >= 15 is 0 Å². The first-order chi connectivity index (χ1) is 14.8. The van der Waals surface area contributed by atoms with Gasteiger partial charge in [-0.2, -0.15) is 0 Å². The molecule has 1 aliphatic heterocycles. The summed E-state index contributed by atoms with van der Waals surface area (Å²) < 4.78 is 12.4. The molecule has 0 radical (unpaired) electrons. The zero-order valence-corrected chi connectivity index (χ0v) is 17.2. The van der Waals surface area contributed by atoms with Crippen LogP contribution < -0.4 is 14.8 Å². The molecular weight excluding hydrogens is 372 g/mol. The van der Waals surface area contributed by atoms with E-state index in [-0.39, 0.29) is 6.04 Å². The van der Waals surface area contributed by atoms with Crippen molar-refractivity contribution in [2.75, 3.05) is 26.2 Å². The van der Waals surface area contributed by atoms with Crippen LogP contribution in [0.4, 0.5) is 0 Å². The summed E-state index contributed by atoms with van der Waals surface area (Å²) in [6.07, 6.45) is 2.89. The number of rotatable bonds is 8. The zero-order chi connectivity index (χ0) is 20.6. The highest BCUT2D eigenvalue weighted by Gasteiger charge is 2.22. The molecule has 154 valence electrons. The Hall–Kier alpha value is -3.08. The smallest absolute Gasteiger partial charge is 0.170 e. The van der Waals surface area contributed by atoms with Crippen LogP contribution in [-0.4, -0.2) is 31.1 Å². The lowest BCUT2D eigenvalue weighted by Crippen LogP contribution is -2.45. The minimum absolute atomic E-state index is 0.272. The Balaban J connectivity index is 1.67. The first-order valence-electron chi connectivity index (χ1n) is 10.5. The van der Waals surface area contributed by atoms with Crippen molar-refractivity contribution >= 4 is 0 Å². The first kappa shape index (κ1) is 20.2. The van der Waals surface area contributed by atoms with Crippen molar-refractivity contribution < 1.29 is 9.47 Å². The standard InChI is InChI=1S/C26H28N2O2/c1-2-9-24(28-18-16-27-17-19-28)21-14-15-25(29-22-10-5-3-6-11-22)26(20-21)30-23-12-7-4-8-13-23/h2-8,10-15,20,24,27H,1,9,16-19H2/t24-/m1/s1. The Morgan fingerprint density at radius 1 is 0.833 bits per heavy atom. The summed E-state index contributed by atoms with van der Waals surface area (Å²) in [5.74, 6) is 2.99. The molecule has 0 amide bonds. The molecule has 3 aromatic carbocycles. The van der Waals surface area contributed by atoms with Crippen LogP contribution in [0.25, 0.3) is 0 Å². The number of hydrogen-bond acceptors (Lipinski definition) is 4. The van der Waals surface area contributed by atoms with Crippen LogP contribution >= 0.6 is 0 Å². The minimum atomic E-state index is 0.272. The number of benzene rings is 3. The van der Waals surface area contributed by atoms with Crippen molar-refractivity contribution in [2.24, 2.45) is 0 Å². The molecule has 1 fully saturated rings. The Morgan fingerprint density at radius 2 is 1.43 bits per heavy atom. The predicted molar refractivity (Wildman–Crippen MR) is 121 cm³/mol. The van der Waals surface area contributed by atoms with Gasteiger partial charge in [0.2, 0.25) is 0 Å². The maximum atomic E-state index is 6.26. The zero-order valence-electron chi connectivity index (χ0n) is 17.2. The lowest BCUT2D eigenvalue weighted by molar-refractivity contribution is 0.174. The normalized spacial score (nSPS) is 15.3. The van der Waals surface area contributed by atoms with E-state index in [2.05, 4.69) is 28.9 Å². The molecule has 1 atom stereocenters. The third kappa shape index (κ3) is 5.09. The molecule has 1 N–H and O–H groups in total. The Labute approximate surface area is 178 Å². The van der Waals surface area contributed by atoms with Gasteiger partial charge in [-0.15, -0.1) is 6.58 Å². The summed E-state index contributed by atoms with van der Waals surface area (Å²) in [6.45, 7) is 8.05. The van der Waals surface area contributed by atoms with Gasteiger partial charge >= 0.3 is 0 Å². The highest BCUT2D eigenvalue weighted by atomic mass is 16.5. The molecule has 0 spiro atoms. The fraction of sp³-hybridized carbons (Fsp3) is 0.231.